The van der Waals surface area contributed by atoms with Gasteiger partial charge in [-0.05, 0) is 41.0 Å². The molecule has 0 amide bonds. The van der Waals surface area contributed by atoms with Crippen molar-refractivity contribution in [3.63, 3.8) is 0 Å². The Labute approximate surface area is 161 Å². The van der Waals surface area contributed by atoms with E-state index in [1.165, 1.54) is 0 Å². The first kappa shape index (κ1) is 16.4. The van der Waals surface area contributed by atoms with Crippen molar-refractivity contribution in [3.05, 3.63) is 95.2 Å². The summed E-state index contributed by atoms with van der Waals surface area (Å²) in [5.41, 5.74) is 5.05. The second-order valence-corrected chi connectivity index (χ2v) is 6.97. The van der Waals surface area contributed by atoms with Crippen LogP contribution in [0.25, 0.3) is 32.9 Å². The zero-order chi connectivity index (χ0) is 19.1. The third kappa shape index (κ3) is 2.87. The van der Waals surface area contributed by atoms with Crippen molar-refractivity contribution in [2.75, 3.05) is 0 Å². The first-order chi connectivity index (χ1) is 13.7. The highest BCUT2D eigenvalue weighted by Crippen LogP contribution is 2.24. The minimum absolute atomic E-state index is 0.0169. The van der Waals surface area contributed by atoms with Crippen LogP contribution in [0.3, 0.4) is 0 Å². The van der Waals surface area contributed by atoms with Gasteiger partial charge in [-0.2, -0.15) is 5.10 Å². The van der Waals surface area contributed by atoms with E-state index in [2.05, 4.69) is 46.5 Å². The average molecular weight is 366 g/mol. The van der Waals surface area contributed by atoms with Crippen LogP contribution in [0, 0.1) is 0 Å². The molecule has 0 aliphatic rings. The largest absolute Gasteiger partial charge is 0.294 e. The van der Waals surface area contributed by atoms with E-state index >= 15 is 0 Å². The van der Waals surface area contributed by atoms with Crippen LogP contribution < -0.4 is 5.56 Å². The van der Waals surface area contributed by atoms with E-state index in [0.29, 0.717) is 11.9 Å². The zero-order valence-corrected chi connectivity index (χ0v) is 15.4. The molecule has 0 saturated heterocycles. The summed E-state index contributed by atoms with van der Waals surface area (Å²) in [6.07, 6.45) is 3.64. The number of hydrogen-bond acceptors (Lipinski definition) is 3. The monoisotopic (exact) mass is 366 g/mol. The predicted octanol–water partition coefficient (Wildman–Crippen LogP) is 4.00. The topological polar surface area (TPSA) is 52.7 Å². The summed E-state index contributed by atoms with van der Waals surface area (Å²) in [6.45, 7) is 0.499. The lowest BCUT2D eigenvalue weighted by atomic mass is 10.0. The third-order valence-corrected chi connectivity index (χ3v) is 4.99. The fourth-order valence-electron chi connectivity index (χ4n) is 3.55. The summed E-state index contributed by atoms with van der Waals surface area (Å²) in [4.78, 5) is 17.1. The van der Waals surface area contributed by atoms with Gasteiger partial charge < -0.3 is 0 Å². The second-order valence-electron chi connectivity index (χ2n) is 6.97. The van der Waals surface area contributed by atoms with Gasteiger partial charge in [-0.3, -0.25) is 14.0 Å². The second kappa shape index (κ2) is 6.46. The molecule has 0 atom stereocenters. The normalized spacial score (nSPS) is 11.3. The highest BCUT2D eigenvalue weighted by atomic mass is 16.1. The molecule has 5 nitrogen and oxygen atoms in total. The molecule has 0 spiro atoms. The van der Waals surface area contributed by atoms with Crippen molar-refractivity contribution in [1.29, 1.82) is 0 Å². The number of hydrogen-bond donors (Lipinski definition) is 0. The molecule has 0 unspecified atom stereocenters. The van der Waals surface area contributed by atoms with Crippen molar-refractivity contribution >= 4 is 21.8 Å². The molecule has 0 N–H and O–H groups in total. The average Bonchev–Trinajstić information content (AvgIpc) is 3.10. The van der Waals surface area contributed by atoms with Gasteiger partial charge >= 0.3 is 0 Å². The summed E-state index contributed by atoms with van der Waals surface area (Å²) < 4.78 is 3.48. The Kier molecular flexibility index (Phi) is 3.79. The van der Waals surface area contributed by atoms with E-state index in [1.54, 1.807) is 10.9 Å². The van der Waals surface area contributed by atoms with Crippen LogP contribution in [0.5, 0.6) is 0 Å². The first-order valence-electron chi connectivity index (χ1n) is 9.14. The zero-order valence-electron chi connectivity index (χ0n) is 15.4. The Balaban J connectivity index is 1.45. The lowest BCUT2D eigenvalue weighted by molar-refractivity contribution is 0.748. The van der Waals surface area contributed by atoms with Gasteiger partial charge in [-0.15, -0.1) is 0 Å². The highest BCUT2D eigenvalue weighted by Gasteiger charge is 2.06. The molecule has 136 valence electrons. The van der Waals surface area contributed by atoms with Gasteiger partial charge in [0.2, 0.25) is 0 Å². The van der Waals surface area contributed by atoms with Crippen LogP contribution in [-0.4, -0.2) is 19.3 Å². The molecular formula is C23H18N4O. The fourth-order valence-corrected chi connectivity index (χ4v) is 3.55. The van der Waals surface area contributed by atoms with Crippen molar-refractivity contribution in [1.82, 2.24) is 19.3 Å². The molecule has 0 fully saturated rings. The number of benzene rings is 3. The van der Waals surface area contributed by atoms with Crippen LogP contribution in [0.15, 0.2) is 84.0 Å². The van der Waals surface area contributed by atoms with Crippen molar-refractivity contribution < 1.29 is 0 Å². The Morgan fingerprint density at radius 1 is 0.893 bits per heavy atom. The molecule has 5 heteroatoms. The van der Waals surface area contributed by atoms with Crippen LogP contribution >= 0.6 is 0 Å². The summed E-state index contributed by atoms with van der Waals surface area (Å²) >= 11 is 0. The van der Waals surface area contributed by atoms with Crippen molar-refractivity contribution in [3.8, 4) is 11.1 Å². The van der Waals surface area contributed by atoms with Gasteiger partial charge in [0.25, 0.3) is 5.56 Å². The molecule has 3 aromatic carbocycles. The maximum atomic E-state index is 12.7. The highest BCUT2D eigenvalue weighted by molar-refractivity contribution is 5.84. The van der Waals surface area contributed by atoms with Gasteiger partial charge in [-0.25, -0.2) is 4.98 Å². The fraction of sp³-hybridized carbons (Fsp3) is 0.0870. The van der Waals surface area contributed by atoms with Crippen LogP contribution in [0.2, 0.25) is 0 Å². The van der Waals surface area contributed by atoms with Gasteiger partial charge in [-0.1, -0.05) is 42.5 Å². The smallest absolute Gasteiger partial charge is 0.261 e. The van der Waals surface area contributed by atoms with Crippen molar-refractivity contribution in [2.45, 2.75) is 6.54 Å². The molecule has 5 rings (SSSR count). The van der Waals surface area contributed by atoms with Gasteiger partial charge in [0, 0.05) is 18.6 Å². The quantitative estimate of drug-likeness (QED) is 0.485. The van der Waals surface area contributed by atoms with Crippen LogP contribution in [0.4, 0.5) is 0 Å². The lowest BCUT2D eigenvalue weighted by Crippen LogP contribution is -2.21. The van der Waals surface area contributed by atoms with Gasteiger partial charge in [0.05, 0.1) is 29.3 Å². The number of rotatable bonds is 3. The SMILES string of the molecule is Cn1cc2cc(-c3ccc(Cn4cnc5ccccc5c4=O)cc3)ccc2n1. The van der Waals surface area contributed by atoms with Crippen LogP contribution in [0.1, 0.15) is 5.56 Å². The maximum absolute atomic E-state index is 12.7. The molecule has 5 aromatic rings. The number of aromatic nitrogens is 4. The van der Waals surface area contributed by atoms with Gasteiger partial charge in [0.1, 0.15) is 0 Å². The predicted molar refractivity (Wildman–Crippen MR) is 111 cm³/mol. The summed E-state index contributed by atoms with van der Waals surface area (Å²) in [5, 5.41) is 6.18. The number of aryl methyl sites for hydroxylation is 1. The molecular weight excluding hydrogens is 348 g/mol. The molecule has 2 aromatic heterocycles. The number of fused-ring (bicyclic) bond motifs is 2. The van der Waals surface area contributed by atoms with E-state index < -0.39 is 0 Å². The minimum atomic E-state index is -0.0169. The van der Waals surface area contributed by atoms with E-state index in [1.807, 2.05) is 48.3 Å². The minimum Gasteiger partial charge on any atom is -0.294 e. The third-order valence-electron chi connectivity index (χ3n) is 4.99. The Morgan fingerprint density at radius 2 is 1.68 bits per heavy atom. The van der Waals surface area contributed by atoms with Crippen LogP contribution in [-0.2, 0) is 13.6 Å². The Morgan fingerprint density at radius 3 is 2.54 bits per heavy atom. The Hall–Kier alpha value is -3.73. The first-order valence-corrected chi connectivity index (χ1v) is 9.14. The number of para-hydroxylation sites is 1. The lowest BCUT2D eigenvalue weighted by Gasteiger charge is -2.08. The van der Waals surface area contributed by atoms with E-state index in [0.717, 1.165) is 33.1 Å². The Bertz CT molecular complexity index is 1360. The standard InChI is InChI=1S/C23H18N4O/c1-26-14-19-12-18(10-11-21(19)25-26)17-8-6-16(7-9-17)13-27-15-24-22-5-3-2-4-20(22)23(27)28/h2-12,14-15H,13H2,1H3. The van der Waals surface area contributed by atoms with E-state index in [9.17, 15) is 4.79 Å². The molecule has 0 radical (unpaired) electrons. The number of nitrogens with zero attached hydrogens (tertiary/aromatic N) is 4. The maximum Gasteiger partial charge on any atom is 0.261 e. The summed E-state index contributed by atoms with van der Waals surface area (Å²) in [6, 6.07) is 22.0. The molecule has 0 bridgehead atoms. The van der Waals surface area contributed by atoms with E-state index in [4.69, 9.17) is 0 Å². The summed E-state index contributed by atoms with van der Waals surface area (Å²) in [7, 11) is 1.93. The molecule has 2 heterocycles. The molecule has 0 aliphatic carbocycles. The molecule has 0 saturated carbocycles. The molecule has 0 aliphatic heterocycles. The molecule has 28 heavy (non-hydrogen) atoms. The van der Waals surface area contributed by atoms with Crippen molar-refractivity contribution in [2.24, 2.45) is 7.05 Å². The van der Waals surface area contributed by atoms with Gasteiger partial charge in [0.15, 0.2) is 0 Å². The summed E-state index contributed by atoms with van der Waals surface area (Å²) in [5.74, 6) is 0. The van der Waals surface area contributed by atoms with E-state index in [-0.39, 0.29) is 5.56 Å².